The minimum absolute atomic E-state index is 0.362. The lowest BCUT2D eigenvalue weighted by molar-refractivity contribution is 0.460. The van der Waals surface area contributed by atoms with E-state index in [0.29, 0.717) is 28.8 Å². The maximum Gasteiger partial charge on any atom is 0.224 e. The van der Waals surface area contributed by atoms with Gasteiger partial charge in [-0.15, -0.1) is 0 Å². The van der Waals surface area contributed by atoms with Crippen LogP contribution in [0.25, 0.3) is 0 Å². The maximum atomic E-state index is 8.66. The van der Waals surface area contributed by atoms with E-state index in [9.17, 15) is 0 Å². The Morgan fingerprint density at radius 2 is 1.94 bits per heavy atom. The van der Waals surface area contributed by atoms with Gasteiger partial charge in [0.25, 0.3) is 0 Å². The lowest BCUT2D eigenvalue weighted by Crippen LogP contribution is -1.97. The summed E-state index contributed by atoms with van der Waals surface area (Å²) in [5.74, 6) is 1.90. The monoisotopic (exact) mass is 226 g/mol. The van der Waals surface area contributed by atoms with Crippen molar-refractivity contribution < 1.29 is 4.74 Å². The third-order valence-electron chi connectivity index (χ3n) is 2.04. The van der Waals surface area contributed by atoms with Gasteiger partial charge < -0.3 is 10.5 Å². The Bertz CT molecular complexity index is 552. The predicted octanol–water partition coefficient (Wildman–Crippen LogP) is 2.03. The van der Waals surface area contributed by atoms with Crippen molar-refractivity contribution in [1.82, 2.24) is 9.97 Å². The normalized spacial score (nSPS) is 9.65. The molecule has 0 amide bonds. The molecule has 0 spiro atoms. The van der Waals surface area contributed by atoms with Crippen molar-refractivity contribution in [2.24, 2.45) is 0 Å². The van der Waals surface area contributed by atoms with Gasteiger partial charge in [-0.05, 0) is 31.2 Å². The fourth-order valence-corrected chi connectivity index (χ4v) is 1.33. The number of nitrogens with zero attached hydrogens (tertiary/aromatic N) is 3. The van der Waals surface area contributed by atoms with E-state index < -0.39 is 0 Å². The Hall–Kier alpha value is -2.61. The zero-order chi connectivity index (χ0) is 12.3. The van der Waals surface area contributed by atoms with E-state index >= 15 is 0 Å². The second-order valence-corrected chi connectivity index (χ2v) is 3.42. The molecule has 2 N–H and O–H groups in total. The average molecular weight is 226 g/mol. The van der Waals surface area contributed by atoms with Gasteiger partial charge in [-0.25, -0.2) is 4.98 Å². The highest BCUT2D eigenvalue weighted by atomic mass is 16.5. The first-order valence-corrected chi connectivity index (χ1v) is 4.96. The maximum absolute atomic E-state index is 8.66. The van der Waals surface area contributed by atoms with Crippen LogP contribution in [0.5, 0.6) is 11.6 Å². The van der Waals surface area contributed by atoms with Gasteiger partial charge >= 0.3 is 0 Å². The zero-order valence-corrected chi connectivity index (χ0v) is 9.21. The average Bonchev–Trinajstić information content (AvgIpc) is 2.28. The van der Waals surface area contributed by atoms with Crippen LogP contribution in [0.4, 0.5) is 5.82 Å². The molecule has 5 nitrogen and oxygen atoms in total. The SMILES string of the molecule is Cc1nc(N)cc(Oc2ccc(C#N)cc2)n1. The van der Waals surface area contributed by atoms with Crippen molar-refractivity contribution in [1.29, 1.82) is 5.26 Å². The van der Waals surface area contributed by atoms with Crippen LogP contribution in [0.15, 0.2) is 30.3 Å². The summed E-state index contributed by atoms with van der Waals surface area (Å²) in [7, 11) is 0. The third-order valence-corrected chi connectivity index (χ3v) is 2.04. The summed E-state index contributed by atoms with van der Waals surface area (Å²) >= 11 is 0. The van der Waals surface area contributed by atoms with Gasteiger partial charge in [0.1, 0.15) is 17.4 Å². The first-order valence-electron chi connectivity index (χ1n) is 4.96. The molecule has 1 aromatic heterocycles. The van der Waals surface area contributed by atoms with Gasteiger partial charge in [0.2, 0.25) is 5.88 Å². The van der Waals surface area contributed by atoms with Crippen LogP contribution in [0.2, 0.25) is 0 Å². The Balaban J connectivity index is 2.22. The molecule has 0 aliphatic rings. The van der Waals surface area contributed by atoms with E-state index in [2.05, 4.69) is 9.97 Å². The summed E-state index contributed by atoms with van der Waals surface area (Å²) in [6, 6.07) is 10.3. The molecular weight excluding hydrogens is 216 g/mol. The summed E-state index contributed by atoms with van der Waals surface area (Å²) < 4.78 is 5.50. The minimum atomic E-state index is 0.362. The van der Waals surface area contributed by atoms with E-state index in [0.717, 1.165) is 0 Å². The number of nitrogen functional groups attached to an aromatic ring is 1. The van der Waals surface area contributed by atoms with Crippen LogP contribution >= 0.6 is 0 Å². The van der Waals surface area contributed by atoms with Crippen molar-refractivity contribution in [2.45, 2.75) is 6.92 Å². The number of ether oxygens (including phenoxy) is 1. The van der Waals surface area contributed by atoms with Crippen molar-refractivity contribution in [2.75, 3.05) is 5.73 Å². The minimum Gasteiger partial charge on any atom is -0.439 e. The molecule has 2 aromatic rings. The van der Waals surface area contributed by atoms with Gasteiger partial charge in [-0.1, -0.05) is 0 Å². The molecule has 0 saturated heterocycles. The molecule has 0 aliphatic heterocycles. The number of aromatic nitrogens is 2. The summed E-state index contributed by atoms with van der Waals surface area (Å²) in [6.45, 7) is 1.74. The number of benzene rings is 1. The molecule has 0 fully saturated rings. The molecule has 0 radical (unpaired) electrons. The summed E-state index contributed by atoms with van der Waals surface area (Å²) in [6.07, 6.45) is 0. The van der Waals surface area contributed by atoms with Gasteiger partial charge in [0.05, 0.1) is 11.6 Å². The van der Waals surface area contributed by atoms with E-state index in [-0.39, 0.29) is 0 Å². The molecule has 5 heteroatoms. The number of rotatable bonds is 2. The van der Waals surface area contributed by atoms with Crippen molar-refractivity contribution in [3.63, 3.8) is 0 Å². The zero-order valence-electron chi connectivity index (χ0n) is 9.21. The Morgan fingerprint density at radius 3 is 2.53 bits per heavy atom. The van der Waals surface area contributed by atoms with E-state index in [1.165, 1.54) is 0 Å². The first kappa shape index (κ1) is 10.9. The smallest absolute Gasteiger partial charge is 0.224 e. The molecule has 1 heterocycles. The van der Waals surface area contributed by atoms with Crippen LogP contribution in [-0.4, -0.2) is 9.97 Å². The molecule has 84 valence electrons. The second-order valence-electron chi connectivity index (χ2n) is 3.42. The van der Waals surface area contributed by atoms with Crippen LogP contribution < -0.4 is 10.5 Å². The summed E-state index contributed by atoms with van der Waals surface area (Å²) in [4.78, 5) is 8.04. The third kappa shape index (κ3) is 2.69. The number of aryl methyl sites for hydroxylation is 1. The van der Waals surface area contributed by atoms with Crippen molar-refractivity contribution in [3.8, 4) is 17.7 Å². The van der Waals surface area contributed by atoms with Crippen LogP contribution in [-0.2, 0) is 0 Å². The highest BCUT2D eigenvalue weighted by Gasteiger charge is 2.02. The van der Waals surface area contributed by atoms with E-state index in [1.807, 2.05) is 6.07 Å². The molecule has 17 heavy (non-hydrogen) atoms. The second kappa shape index (κ2) is 4.49. The van der Waals surface area contributed by atoms with Gasteiger partial charge in [-0.2, -0.15) is 10.2 Å². The van der Waals surface area contributed by atoms with Crippen molar-refractivity contribution >= 4 is 5.82 Å². The molecule has 0 atom stereocenters. The molecular formula is C12H10N4O. The topological polar surface area (TPSA) is 84.8 Å². The lowest BCUT2D eigenvalue weighted by atomic mass is 10.2. The number of nitrogens with two attached hydrogens (primary N) is 1. The lowest BCUT2D eigenvalue weighted by Gasteiger charge is -2.05. The van der Waals surface area contributed by atoms with Gasteiger partial charge in [0.15, 0.2) is 0 Å². The standard InChI is InChI=1S/C12H10N4O/c1-8-15-11(14)6-12(16-8)17-10-4-2-9(7-13)3-5-10/h2-6H,1H3,(H2,14,15,16). The van der Waals surface area contributed by atoms with Crippen molar-refractivity contribution in [3.05, 3.63) is 41.7 Å². The number of hydrogen-bond acceptors (Lipinski definition) is 5. The van der Waals surface area contributed by atoms with Crippen LogP contribution in [0, 0.1) is 18.3 Å². The van der Waals surface area contributed by atoms with E-state index in [1.54, 1.807) is 37.3 Å². The fraction of sp³-hybridized carbons (Fsp3) is 0.0833. The van der Waals surface area contributed by atoms with Gasteiger partial charge in [-0.3, -0.25) is 0 Å². The first-order chi connectivity index (χ1) is 8.17. The summed E-state index contributed by atoms with van der Waals surface area (Å²) in [5.41, 5.74) is 6.16. The number of anilines is 1. The molecule has 2 rings (SSSR count). The molecule has 0 unspecified atom stereocenters. The largest absolute Gasteiger partial charge is 0.439 e. The predicted molar refractivity (Wildman–Crippen MR) is 62.4 cm³/mol. The Kier molecular flexibility index (Phi) is 2.88. The fourth-order valence-electron chi connectivity index (χ4n) is 1.33. The quantitative estimate of drug-likeness (QED) is 0.846. The highest BCUT2D eigenvalue weighted by molar-refractivity contribution is 5.38. The van der Waals surface area contributed by atoms with Gasteiger partial charge in [0, 0.05) is 6.07 Å². The highest BCUT2D eigenvalue weighted by Crippen LogP contribution is 2.20. The molecule has 1 aromatic carbocycles. The summed E-state index contributed by atoms with van der Waals surface area (Å²) in [5, 5.41) is 8.66. The molecule has 0 saturated carbocycles. The molecule has 0 bridgehead atoms. The van der Waals surface area contributed by atoms with Crippen LogP contribution in [0.1, 0.15) is 11.4 Å². The number of nitriles is 1. The van der Waals surface area contributed by atoms with Crippen LogP contribution in [0.3, 0.4) is 0 Å². The van der Waals surface area contributed by atoms with E-state index in [4.69, 9.17) is 15.7 Å². The Morgan fingerprint density at radius 1 is 1.24 bits per heavy atom. The Labute approximate surface area is 98.5 Å². The number of hydrogen-bond donors (Lipinski definition) is 1. The molecule has 0 aliphatic carbocycles.